The average Bonchev–Trinajstić information content (AvgIpc) is 3.11. The van der Waals surface area contributed by atoms with Gasteiger partial charge in [0, 0.05) is 27.6 Å². The molecule has 6 heteroatoms. The number of anilines is 2. The zero-order chi connectivity index (χ0) is 22.5. The van der Waals surface area contributed by atoms with Crippen LogP contribution in [0.3, 0.4) is 0 Å². The number of pyridine rings is 1. The first-order valence-electron chi connectivity index (χ1n) is 10.4. The Morgan fingerprint density at radius 1 is 0.969 bits per heavy atom. The summed E-state index contributed by atoms with van der Waals surface area (Å²) in [4.78, 5) is 17.4. The number of hydrogen-bond donors (Lipinski definition) is 2. The van der Waals surface area contributed by atoms with Crippen molar-refractivity contribution in [1.82, 2.24) is 0 Å². The number of aromatic amines is 1. The summed E-state index contributed by atoms with van der Waals surface area (Å²) in [6.07, 6.45) is 1.88. The molecular weight excluding hydrogens is 418 g/mol. The number of methoxy groups -OCH3 is 1. The fraction of sp³-hybridized carbons (Fsp3) is 0.154. The first-order valence-corrected chi connectivity index (χ1v) is 11.2. The van der Waals surface area contributed by atoms with Crippen LogP contribution in [0.25, 0.3) is 0 Å². The summed E-state index contributed by atoms with van der Waals surface area (Å²) in [6.45, 7) is 4.17. The second-order valence-electron chi connectivity index (χ2n) is 7.44. The molecule has 0 saturated carbocycles. The van der Waals surface area contributed by atoms with Crippen molar-refractivity contribution in [3.05, 3.63) is 106 Å². The Morgan fingerprint density at radius 2 is 1.69 bits per heavy atom. The van der Waals surface area contributed by atoms with Crippen LogP contribution in [0.4, 0.5) is 10.8 Å². The van der Waals surface area contributed by atoms with Gasteiger partial charge in [-0.25, -0.2) is 4.98 Å². The first kappa shape index (κ1) is 21.6. The smallest absolute Gasteiger partial charge is 0.272 e. The summed E-state index contributed by atoms with van der Waals surface area (Å²) in [5.74, 6) is 1.52. The highest BCUT2D eigenvalue weighted by Gasteiger charge is 2.30. The molecule has 2 aromatic carbocycles. The molecule has 4 rings (SSSR count). The number of rotatable bonds is 7. The summed E-state index contributed by atoms with van der Waals surface area (Å²) in [6, 6.07) is 22.9. The molecule has 2 heterocycles. The maximum Gasteiger partial charge on any atom is 0.272 e. The van der Waals surface area contributed by atoms with Gasteiger partial charge in [0.05, 0.1) is 13.3 Å². The Morgan fingerprint density at radius 3 is 2.41 bits per heavy atom. The van der Waals surface area contributed by atoms with E-state index in [0.29, 0.717) is 5.56 Å². The van der Waals surface area contributed by atoms with E-state index in [9.17, 15) is 4.79 Å². The van der Waals surface area contributed by atoms with E-state index >= 15 is 0 Å². The van der Waals surface area contributed by atoms with E-state index in [1.807, 2.05) is 72.9 Å². The molecule has 0 aliphatic carbocycles. The van der Waals surface area contributed by atoms with E-state index in [1.54, 1.807) is 18.4 Å². The molecule has 2 aromatic heterocycles. The molecule has 0 aliphatic heterocycles. The highest BCUT2D eigenvalue weighted by molar-refractivity contribution is 7.16. The number of thiophene rings is 1. The Labute approximate surface area is 192 Å². The second kappa shape index (κ2) is 9.66. The average molecular weight is 445 g/mol. The summed E-state index contributed by atoms with van der Waals surface area (Å²) >= 11 is 1.59. The van der Waals surface area contributed by atoms with Gasteiger partial charge in [-0.1, -0.05) is 42.5 Å². The van der Waals surface area contributed by atoms with Crippen molar-refractivity contribution in [3.63, 3.8) is 0 Å². The van der Waals surface area contributed by atoms with Gasteiger partial charge in [-0.15, -0.1) is 11.3 Å². The number of carbonyl (C=O) groups is 1. The minimum absolute atomic E-state index is 0.127. The third-order valence-electron chi connectivity index (χ3n) is 5.44. The molecule has 0 fully saturated rings. The number of aromatic nitrogens is 1. The lowest BCUT2D eigenvalue weighted by Crippen LogP contribution is -2.21. The lowest BCUT2D eigenvalue weighted by molar-refractivity contribution is -0.361. The van der Waals surface area contributed by atoms with Crippen molar-refractivity contribution < 1.29 is 14.5 Å². The van der Waals surface area contributed by atoms with Crippen LogP contribution in [0.15, 0.2) is 79.0 Å². The molecule has 0 radical (unpaired) electrons. The lowest BCUT2D eigenvalue weighted by atomic mass is 9.95. The summed E-state index contributed by atoms with van der Waals surface area (Å²) in [7, 11) is 1.67. The molecule has 0 bridgehead atoms. The minimum atomic E-state index is -0.235. The van der Waals surface area contributed by atoms with Gasteiger partial charge < -0.3 is 10.1 Å². The quantitative estimate of drug-likeness (QED) is 0.388. The fourth-order valence-electron chi connectivity index (χ4n) is 3.70. The number of nitrogens with one attached hydrogen (secondary N) is 3. The number of aryl methyl sites for hydroxylation is 1. The van der Waals surface area contributed by atoms with Crippen LogP contribution >= 0.6 is 11.3 Å². The zero-order valence-electron chi connectivity index (χ0n) is 18.3. The van der Waals surface area contributed by atoms with Crippen molar-refractivity contribution >= 4 is 28.1 Å². The standard InChI is InChI=1S/C26H25N3O2S/c1-17-18(2)32-26(29-25(30)19-11-5-4-6-12-19)23(17)24(28-22-15-9-10-16-27-22)20-13-7-8-14-21(20)31-3/h4-16,24H,1-3H3,(H,27,28)(H,29,30)/p+1/t24-/m0/s1. The summed E-state index contributed by atoms with van der Waals surface area (Å²) in [5, 5.41) is 7.59. The monoisotopic (exact) mass is 444 g/mol. The predicted octanol–water partition coefficient (Wildman–Crippen LogP) is 5.64. The first-order chi connectivity index (χ1) is 15.6. The highest BCUT2D eigenvalue weighted by Crippen LogP contribution is 2.42. The normalized spacial score (nSPS) is 11.6. The minimum Gasteiger partial charge on any atom is -0.496 e. The van der Waals surface area contributed by atoms with Crippen molar-refractivity contribution in [1.29, 1.82) is 0 Å². The maximum absolute atomic E-state index is 13.0. The van der Waals surface area contributed by atoms with E-state index in [-0.39, 0.29) is 11.9 Å². The number of carbonyl (C=O) groups excluding carboxylic acids is 1. The molecule has 1 amide bonds. The van der Waals surface area contributed by atoms with Crippen LogP contribution in [-0.4, -0.2) is 13.0 Å². The second-order valence-corrected chi connectivity index (χ2v) is 8.67. The maximum atomic E-state index is 13.0. The van der Waals surface area contributed by atoms with E-state index < -0.39 is 0 Å². The van der Waals surface area contributed by atoms with E-state index in [4.69, 9.17) is 4.74 Å². The molecular formula is C26H26N3O2S+. The van der Waals surface area contributed by atoms with Crippen LogP contribution < -0.4 is 20.4 Å². The van der Waals surface area contributed by atoms with Gasteiger partial charge in [-0.3, -0.25) is 10.1 Å². The van der Waals surface area contributed by atoms with Crippen molar-refractivity contribution in [2.24, 2.45) is 0 Å². The molecule has 32 heavy (non-hydrogen) atoms. The SMILES string of the molecule is COc1ccccc1[C@H](Nc1cccc[nH+]1)c1c(NC(=O)c2ccccc2)sc(C)c1C. The Hall–Kier alpha value is -3.64. The summed E-state index contributed by atoms with van der Waals surface area (Å²) < 4.78 is 5.69. The van der Waals surface area contributed by atoms with Gasteiger partial charge in [0.2, 0.25) is 0 Å². The third kappa shape index (κ3) is 4.50. The number of para-hydroxylation sites is 1. The number of hydrogen-bond acceptors (Lipinski definition) is 4. The van der Waals surface area contributed by atoms with Gasteiger partial charge in [0.25, 0.3) is 11.7 Å². The number of amides is 1. The lowest BCUT2D eigenvalue weighted by Gasteiger charge is -2.20. The van der Waals surface area contributed by atoms with E-state index in [1.165, 1.54) is 0 Å². The molecule has 0 spiro atoms. The van der Waals surface area contributed by atoms with Crippen molar-refractivity contribution in [3.8, 4) is 5.75 Å². The van der Waals surface area contributed by atoms with Crippen LogP contribution in [0.2, 0.25) is 0 Å². The predicted molar refractivity (Wildman–Crippen MR) is 130 cm³/mol. The largest absolute Gasteiger partial charge is 0.496 e. The van der Waals surface area contributed by atoms with Crippen molar-refractivity contribution in [2.75, 3.05) is 17.7 Å². The highest BCUT2D eigenvalue weighted by atomic mass is 32.1. The van der Waals surface area contributed by atoms with E-state index in [0.717, 1.165) is 38.1 Å². The number of ether oxygens (including phenoxy) is 1. The Kier molecular flexibility index (Phi) is 6.52. The third-order valence-corrected chi connectivity index (χ3v) is 6.58. The fourth-order valence-corrected chi connectivity index (χ4v) is 4.79. The van der Waals surface area contributed by atoms with Crippen LogP contribution in [0.5, 0.6) is 5.75 Å². The molecule has 0 saturated heterocycles. The van der Waals surface area contributed by atoms with Gasteiger partial charge in [0.1, 0.15) is 10.8 Å². The Bertz CT molecular complexity index is 1210. The molecule has 1 atom stereocenters. The Balaban J connectivity index is 1.81. The van der Waals surface area contributed by atoms with Crippen molar-refractivity contribution in [2.45, 2.75) is 19.9 Å². The molecule has 0 aliphatic rings. The van der Waals surface area contributed by atoms with Crippen LogP contribution in [-0.2, 0) is 0 Å². The topological polar surface area (TPSA) is 64.5 Å². The molecule has 4 aromatic rings. The molecule has 0 unspecified atom stereocenters. The van der Waals surface area contributed by atoms with Gasteiger partial charge in [0.15, 0.2) is 6.04 Å². The molecule has 162 valence electrons. The van der Waals surface area contributed by atoms with Gasteiger partial charge >= 0.3 is 0 Å². The molecule has 5 nitrogen and oxygen atoms in total. The van der Waals surface area contributed by atoms with Gasteiger partial charge in [-0.2, -0.15) is 0 Å². The summed E-state index contributed by atoms with van der Waals surface area (Å²) in [5.41, 5.74) is 3.78. The van der Waals surface area contributed by atoms with Gasteiger partial charge in [-0.05, 0) is 43.7 Å². The number of benzene rings is 2. The van der Waals surface area contributed by atoms with E-state index in [2.05, 4.69) is 35.5 Å². The van der Waals surface area contributed by atoms with Crippen LogP contribution in [0, 0.1) is 13.8 Å². The zero-order valence-corrected chi connectivity index (χ0v) is 19.1. The molecule has 3 N–H and O–H groups in total. The van der Waals surface area contributed by atoms with Crippen LogP contribution in [0.1, 0.15) is 38.0 Å². The number of H-pyrrole nitrogens is 1.